The van der Waals surface area contributed by atoms with Gasteiger partial charge in [-0.15, -0.1) is 0 Å². The standard InChI is InChI=1S/C22H28ClFO10S/c1-2-32-21(29)14-8-22(33-10-17(34-22)20(28)19(27)16(26)9-25)6-5-18(14)35(30,31)11-12-3-4-13(24)7-15(12)23/h3-4,7-8,16-20,25-28H,2,5-6,9-11H2,1H3/t16-,17-,18?,19-,20-,22?/m1/s1. The quantitative estimate of drug-likeness (QED) is 0.320. The van der Waals surface area contributed by atoms with Crippen LogP contribution < -0.4 is 0 Å². The minimum absolute atomic E-state index is 0.0151. The van der Waals surface area contributed by atoms with E-state index in [2.05, 4.69) is 0 Å². The second kappa shape index (κ2) is 11.2. The van der Waals surface area contributed by atoms with Crippen molar-refractivity contribution in [3.05, 3.63) is 46.3 Å². The van der Waals surface area contributed by atoms with Crippen LogP contribution in [-0.4, -0.2) is 90.1 Å². The molecule has 4 N–H and O–H groups in total. The molecule has 3 rings (SSSR count). The summed E-state index contributed by atoms with van der Waals surface area (Å²) in [7, 11) is -4.03. The highest BCUT2D eigenvalue weighted by Crippen LogP contribution is 2.40. The fraction of sp³-hybridized carbons (Fsp3) is 0.591. The Morgan fingerprint density at radius 2 is 2.06 bits per heavy atom. The lowest BCUT2D eigenvalue weighted by Crippen LogP contribution is -2.48. The van der Waals surface area contributed by atoms with E-state index in [0.29, 0.717) is 0 Å². The zero-order chi connectivity index (χ0) is 26.0. The lowest BCUT2D eigenvalue weighted by Gasteiger charge is -2.34. The number of benzene rings is 1. The van der Waals surface area contributed by atoms with Crippen LogP contribution in [0.2, 0.25) is 5.02 Å². The SMILES string of the molecule is CCOC(=O)C1=CC2(CCC1S(=O)(=O)Cc1ccc(F)cc1Cl)OC[C@H]([C@@H](O)[C@H](O)[C@H](O)CO)O2. The van der Waals surface area contributed by atoms with E-state index in [4.69, 9.17) is 30.9 Å². The fourth-order valence-electron chi connectivity index (χ4n) is 4.10. The Morgan fingerprint density at radius 3 is 2.69 bits per heavy atom. The first-order valence-corrected chi connectivity index (χ1v) is 13.0. The summed E-state index contributed by atoms with van der Waals surface area (Å²) in [4.78, 5) is 12.7. The number of ether oxygens (including phenoxy) is 3. The molecule has 1 saturated heterocycles. The predicted octanol–water partition coefficient (Wildman–Crippen LogP) is 0.232. The van der Waals surface area contributed by atoms with Gasteiger partial charge in [0.1, 0.15) is 30.2 Å². The van der Waals surface area contributed by atoms with Gasteiger partial charge in [-0.05, 0) is 37.1 Å². The molecule has 0 amide bonds. The van der Waals surface area contributed by atoms with Gasteiger partial charge in [0, 0.05) is 11.4 Å². The van der Waals surface area contributed by atoms with Crippen LogP contribution in [0.3, 0.4) is 0 Å². The van der Waals surface area contributed by atoms with Crippen LogP contribution in [0, 0.1) is 5.82 Å². The molecule has 13 heteroatoms. The number of esters is 1. The number of carbonyl (C=O) groups is 1. The van der Waals surface area contributed by atoms with Gasteiger partial charge in [0.15, 0.2) is 15.6 Å². The van der Waals surface area contributed by atoms with Gasteiger partial charge in [-0.25, -0.2) is 17.6 Å². The molecule has 196 valence electrons. The molecular weight excluding hydrogens is 511 g/mol. The predicted molar refractivity (Wildman–Crippen MR) is 120 cm³/mol. The van der Waals surface area contributed by atoms with Crippen molar-refractivity contribution >= 4 is 27.4 Å². The Labute approximate surface area is 206 Å². The van der Waals surface area contributed by atoms with Crippen molar-refractivity contribution in [1.82, 2.24) is 0 Å². The molecule has 2 aliphatic rings. The number of halogens is 2. The van der Waals surface area contributed by atoms with Crippen LogP contribution in [0.25, 0.3) is 0 Å². The maximum Gasteiger partial charge on any atom is 0.335 e. The zero-order valence-corrected chi connectivity index (χ0v) is 20.4. The van der Waals surface area contributed by atoms with Gasteiger partial charge in [-0.3, -0.25) is 0 Å². The molecule has 1 aromatic rings. The van der Waals surface area contributed by atoms with Crippen LogP contribution in [-0.2, 0) is 34.6 Å². The molecule has 0 aromatic heterocycles. The third-order valence-electron chi connectivity index (χ3n) is 5.95. The van der Waals surface area contributed by atoms with Gasteiger partial charge >= 0.3 is 5.97 Å². The lowest BCUT2D eigenvalue weighted by atomic mass is 9.94. The van der Waals surface area contributed by atoms with E-state index in [-0.39, 0.29) is 42.2 Å². The third-order valence-corrected chi connectivity index (χ3v) is 8.37. The smallest absolute Gasteiger partial charge is 0.335 e. The maximum absolute atomic E-state index is 13.4. The monoisotopic (exact) mass is 538 g/mol. The van der Waals surface area contributed by atoms with Crippen molar-refractivity contribution < 1.29 is 52.2 Å². The third kappa shape index (κ3) is 6.20. The number of hydrogen-bond acceptors (Lipinski definition) is 10. The molecule has 2 unspecified atom stereocenters. The summed E-state index contributed by atoms with van der Waals surface area (Å²) in [5.41, 5.74) is -0.0491. The number of hydrogen-bond donors (Lipinski definition) is 4. The Hall–Kier alpha value is -1.64. The van der Waals surface area contributed by atoms with E-state index >= 15 is 0 Å². The highest BCUT2D eigenvalue weighted by atomic mass is 35.5. The summed E-state index contributed by atoms with van der Waals surface area (Å²) in [6.45, 7) is 0.517. The van der Waals surface area contributed by atoms with Crippen LogP contribution in [0.1, 0.15) is 25.3 Å². The van der Waals surface area contributed by atoms with Crippen molar-refractivity contribution in [2.24, 2.45) is 0 Å². The Bertz CT molecular complexity index is 1060. The molecule has 1 aliphatic carbocycles. The molecule has 1 aromatic carbocycles. The molecule has 6 atom stereocenters. The van der Waals surface area contributed by atoms with Gasteiger partial charge in [0.05, 0.1) is 36.4 Å². The van der Waals surface area contributed by atoms with E-state index in [1.807, 2.05) is 0 Å². The number of aliphatic hydroxyl groups is 4. The van der Waals surface area contributed by atoms with Gasteiger partial charge < -0.3 is 34.6 Å². The van der Waals surface area contributed by atoms with E-state index in [1.165, 1.54) is 12.1 Å². The molecule has 0 radical (unpaired) electrons. The van der Waals surface area contributed by atoms with E-state index in [9.17, 15) is 32.9 Å². The van der Waals surface area contributed by atoms with E-state index < -0.39 is 69.4 Å². The fourth-order valence-corrected chi connectivity index (χ4v) is 6.33. The molecule has 1 heterocycles. The minimum Gasteiger partial charge on any atom is -0.463 e. The Morgan fingerprint density at radius 1 is 1.34 bits per heavy atom. The first-order chi connectivity index (χ1) is 16.4. The largest absolute Gasteiger partial charge is 0.463 e. The van der Waals surface area contributed by atoms with Crippen molar-refractivity contribution in [2.45, 2.75) is 61.0 Å². The van der Waals surface area contributed by atoms with Crippen LogP contribution >= 0.6 is 11.6 Å². The molecular formula is C22H28ClFO10S. The molecule has 1 fully saturated rings. The number of carbonyl (C=O) groups excluding carboxylic acids is 1. The summed E-state index contributed by atoms with van der Waals surface area (Å²) in [5.74, 6) is -3.63. The second-order valence-corrected chi connectivity index (χ2v) is 11.0. The molecule has 0 bridgehead atoms. The Balaban J connectivity index is 1.88. The molecule has 10 nitrogen and oxygen atoms in total. The van der Waals surface area contributed by atoms with Crippen LogP contribution in [0.15, 0.2) is 29.8 Å². The number of rotatable bonds is 9. The molecule has 35 heavy (non-hydrogen) atoms. The average molecular weight is 539 g/mol. The normalized spacial score (nSPS) is 27.3. The van der Waals surface area contributed by atoms with Gasteiger partial charge in [-0.1, -0.05) is 17.7 Å². The number of aliphatic hydroxyl groups excluding tert-OH is 4. The molecule has 1 aliphatic heterocycles. The summed E-state index contributed by atoms with van der Waals surface area (Å²) in [6, 6.07) is 3.34. The van der Waals surface area contributed by atoms with Crippen molar-refractivity contribution in [1.29, 1.82) is 0 Å². The van der Waals surface area contributed by atoms with E-state index in [1.54, 1.807) is 6.92 Å². The maximum atomic E-state index is 13.4. The molecule has 0 saturated carbocycles. The highest BCUT2D eigenvalue weighted by Gasteiger charge is 2.50. The van der Waals surface area contributed by atoms with Gasteiger partial charge in [0.2, 0.25) is 0 Å². The summed E-state index contributed by atoms with van der Waals surface area (Å²) < 4.78 is 56.4. The average Bonchev–Trinajstić information content (AvgIpc) is 3.22. The van der Waals surface area contributed by atoms with Crippen LogP contribution in [0.4, 0.5) is 4.39 Å². The van der Waals surface area contributed by atoms with Crippen molar-refractivity contribution in [2.75, 3.05) is 19.8 Å². The first-order valence-electron chi connectivity index (χ1n) is 10.9. The highest BCUT2D eigenvalue weighted by molar-refractivity contribution is 7.91. The first kappa shape index (κ1) is 27.9. The van der Waals surface area contributed by atoms with E-state index in [0.717, 1.165) is 12.1 Å². The summed E-state index contributed by atoms with van der Waals surface area (Å²) >= 11 is 6.00. The zero-order valence-electron chi connectivity index (χ0n) is 18.8. The summed E-state index contributed by atoms with van der Waals surface area (Å²) in [5, 5.41) is 37.5. The van der Waals surface area contributed by atoms with Gasteiger partial charge in [-0.2, -0.15) is 0 Å². The second-order valence-electron chi connectivity index (χ2n) is 8.40. The summed E-state index contributed by atoms with van der Waals surface area (Å²) in [6.07, 6.45) is -5.01. The lowest BCUT2D eigenvalue weighted by molar-refractivity contribution is -0.170. The topological polar surface area (TPSA) is 160 Å². The van der Waals surface area contributed by atoms with Crippen molar-refractivity contribution in [3.63, 3.8) is 0 Å². The molecule has 1 spiro atoms. The Kier molecular flexibility index (Phi) is 8.92. The van der Waals surface area contributed by atoms with Crippen LogP contribution in [0.5, 0.6) is 0 Å². The van der Waals surface area contributed by atoms with Gasteiger partial charge in [0.25, 0.3) is 0 Å². The minimum atomic E-state index is -4.03. The number of sulfone groups is 1. The van der Waals surface area contributed by atoms with Crippen molar-refractivity contribution in [3.8, 4) is 0 Å².